The van der Waals surface area contributed by atoms with Crippen molar-refractivity contribution in [1.29, 1.82) is 0 Å². The van der Waals surface area contributed by atoms with Gasteiger partial charge < -0.3 is 15.5 Å². The van der Waals surface area contributed by atoms with Crippen molar-refractivity contribution in [2.24, 2.45) is 5.73 Å². The summed E-state index contributed by atoms with van der Waals surface area (Å²) in [6.45, 7) is 4.44. The van der Waals surface area contributed by atoms with Gasteiger partial charge in [-0.3, -0.25) is 0 Å². The summed E-state index contributed by atoms with van der Waals surface area (Å²) >= 11 is 0. The van der Waals surface area contributed by atoms with Crippen LogP contribution in [-0.4, -0.2) is 48.6 Å². The summed E-state index contributed by atoms with van der Waals surface area (Å²) < 4.78 is 0. The lowest BCUT2D eigenvalue weighted by atomic mass is 10.2. The second kappa shape index (κ2) is 4.46. The molecule has 0 aliphatic carbocycles. The fourth-order valence-electron chi connectivity index (χ4n) is 1.71. The van der Waals surface area contributed by atoms with Crippen LogP contribution in [0.1, 0.15) is 19.8 Å². The Labute approximate surface area is 79.7 Å². The van der Waals surface area contributed by atoms with E-state index in [2.05, 4.69) is 6.92 Å². The number of amides is 2. The van der Waals surface area contributed by atoms with E-state index in [1.54, 1.807) is 0 Å². The first-order valence-electron chi connectivity index (χ1n) is 4.92. The number of nitrogens with two attached hydrogens (primary N) is 1. The van der Waals surface area contributed by atoms with Gasteiger partial charge in [0.2, 0.25) is 0 Å². The maximum atomic E-state index is 11.6. The van der Waals surface area contributed by atoms with Crippen LogP contribution in [0.15, 0.2) is 0 Å². The number of hydrogen-bond donors (Lipinski definition) is 1. The van der Waals surface area contributed by atoms with Gasteiger partial charge in [0.15, 0.2) is 0 Å². The molecule has 1 aliphatic heterocycles. The summed E-state index contributed by atoms with van der Waals surface area (Å²) in [5.74, 6) is 0. The van der Waals surface area contributed by atoms with Gasteiger partial charge in [0.05, 0.1) is 6.04 Å². The minimum absolute atomic E-state index is 0.153. The van der Waals surface area contributed by atoms with Gasteiger partial charge in [-0.1, -0.05) is 6.92 Å². The lowest BCUT2D eigenvalue weighted by molar-refractivity contribution is 0.195. The van der Waals surface area contributed by atoms with E-state index in [9.17, 15) is 4.79 Å². The van der Waals surface area contributed by atoms with Gasteiger partial charge in [-0.05, 0) is 19.4 Å². The molecule has 1 heterocycles. The zero-order valence-electron chi connectivity index (χ0n) is 8.49. The molecule has 0 aromatic carbocycles. The van der Waals surface area contributed by atoms with Crippen LogP contribution >= 0.6 is 0 Å². The van der Waals surface area contributed by atoms with Crippen molar-refractivity contribution in [3.63, 3.8) is 0 Å². The van der Waals surface area contributed by atoms with Crippen molar-refractivity contribution < 1.29 is 4.79 Å². The van der Waals surface area contributed by atoms with E-state index in [0.717, 1.165) is 25.9 Å². The van der Waals surface area contributed by atoms with Gasteiger partial charge in [0.25, 0.3) is 0 Å². The highest BCUT2D eigenvalue weighted by molar-refractivity contribution is 5.76. The molecule has 0 aromatic heterocycles. The number of nitrogens with zero attached hydrogens (tertiary/aromatic N) is 2. The zero-order valence-corrected chi connectivity index (χ0v) is 8.49. The van der Waals surface area contributed by atoms with Crippen LogP contribution in [0.25, 0.3) is 0 Å². The van der Waals surface area contributed by atoms with Gasteiger partial charge in [0.1, 0.15) is 0 Å². The van der Waals surface area contributed by atoms with E-state index in [1.807, 2.05) is 16.8 Å². The maximum absolute atomic E-state index is 11.6. The summed E-state index contributed by atoms with van der Waals surface area (Å²) in [5, 5.41) is 0. The third-order valence-corrected chi connectivity index (χ3v) is 2.65. The molecule has 0 spiro atoms. The fraction of sp³-hybridized carbons (Fsp3) is 0.889. The third kappa shape index (κ3) is 2.12. The maximum Gasteiger partial charge on any atom is 0.320 e. The molecular formula is C9H19N3O. The van der Waals surface area contributed by atoms with E-state index in [-0.39, 0.29) is 6.03 Å². The second-order valence-corrected chi connectivity index (χ2v) is 3.54. The van der Waals surface area contributed by atoms with Crippen molar-refractivity contribution in [2.75, 3.05) is 26.7 Å². The molecule has 1 unspecified atom stereocenters. The van der Waals surface area contributed by atoms with Crippen molar-refractivity contribution in [3.05, 3.63) is 0 Å². The standard InChI is InChI=1S/C9H19N3O/c1-3-8-7-12(6-4-5-10)9(13)11(8)2/h8H,3-7,10H2,1-2H3. The SMILES string of the molecule is CCC1CN(CCCN)C(=O)N1C. The highest BCUT2D eigenvalue weighted by atomic mass is 16.2. The van der Waals surface area contributed by atoms with Gasteiger partial charge in [-0.2, -0.15) is 0 Å². The number of carbonyl (C=O) groups is 1. The molecule has 2 amide bonds. The van der Waals surface area contributed by atoms with Crippen LogP contribution in [0.3, 0.4) is 0 Å². The van der Waals surface area contributed by atoms with Crippen LogP contribution in [-0.2, 0) is 0 Å². The Morgan fingerprint density at radius 2 is 2.31 bits per heavy atom. The van der Waals surface area contributed by atoms with Crippen molar-refractivity contribution in [2.45, 2.75) is 25.8 Å². The Morgan fingerprint density at radius 3 is 2.77 bits per heavy atom. The lowest BCUT2D eigenvalue weighted by Gasteiger charge is -2.15. The first-order valence-corrected chi connectivity index (χ1v) is 4.92. The molecule has 4 heteroatoms. The molecule has 0 saturated carbocycles. The molecule has 1 atom stereocenters. The average Bonchev–Trinajstić information content (AvgIpc) is 2.41. The normalized spacial score (nSPS) is 23.0. The molecule has 13 heavy (non-hydrogen) atoms. The molecule has 0 aromatic rings. The molecule has 1 aliphatic rings. The van der Waals surface area contributed by atoms with E-state index < -0.39 is 0 Å². The number of carbonyl (C=O) groups excluding carboxylic acids is 1. The molecular weight excluding hydrogens is 166 g/mol. The van der Waals surface area contributed by atoms with Gasteiger partial charge in [-0.25, -0.2) is 4.79 Å². The lowest BCUT2D eigenvalue weighted by Crippen LogP contribution is -2.31. The van der Waals surface area contributed by atoms with Crippen LogP contribution in [0.2, 0.25) is 0 Å². The second-order valence-electron chi connectivity index (χ2n) is 3.54. The number of urea groups is 1. The summed E-state index contributed by atoms with van der Waals surface area (Å²) in [6, 6.07) is 0.547. The summed E-state index contributed by atoms with van der Waals surface area (Å²) in [5.41, 5.74) is 5.40. The van der Waals surface area contributed by atoms with Gasteiger partial charge in [0, 0.05) is 20.1 Å². The number of likely N-dealkylation sites (N-methyl/N-ethyl adjacent to an activating group) is 1. The summed E-state index contributed by atoms with van der Waals surface area (Å²) in [6.07, 6.45) is 1.93. The van der Waals surface area contributed by atoms with Crippen molar-refractivity contribution >= 4 is 6.03 Å². The van der Waals surface area contributed by atoms with Crippen LogP contribution < -0.4 is 5.73 Å². The van der Waals surface area contributed by atoms with E-state index in [1.165, 1.54) is 0 Å². The molecule has 1 rings (SSSR count). The first kappa shape index (κ1) is 10.3. The van der Waals surface area contributed by atoms with Crippen LogP contribution in [0.4, 0.5) is 4.79 Å². The van der Waals surface area contributed by atoms with Gasteiger partial charge >= 0.3 is 6.03 Å². The smallest absolute Gasteiger partial charge is 0.320 e. The Bertz CT molecular complexity index is 184. The first-order chi connectivity index (χ1) is 6.20. The van der Waals surface area contributed by atoms with Crippen molar-refractivity contribution in [3.8, 4) is 0 Å². The van der Waals surface area contributed by atoms with Crippen LogP contribution in [0, 0.1) is 0 Å². The average molecular weight is 185 g/mol. The van der Waals surface area contributed by atoms with Crippen LogP contribution in [0.5, 0.6) is 0 Å². The Kier molecular flexibility index (Phi) is 3.54. The number of hydrogen-bond acceptors (Lipinski definition) is 2. The highest BCUT2D eigenvalue weighted by Gasteiger charge is 2.32. The molecule has 2 N–H and O–H groups in total. The minimum Gasteiger partial charge on any atom is -0.330 e. The van der Waals surface area contributed by atoms with Gasteiger partial charge in [-0.15, -0.1) is 0 Å². The van der Waals surface area contributed by atoms with Crippen molar-refractivity contribution in [1.82, 2.24) is 9.80 Å². The Hall–Kier alpha value is -0.770. The van der Waals surface area contributed by atoms with E-state index in [4.69, 9.17) is 5.73 Å². The topological polar surface area (TPSA) is 49.6 Å². The predicted molar refractivity (Wildman–Crippen MR) is 52.5 cm³/mol. The summed E-state index contributed by atoms with van der Waals surface area (Å²) in [7, 11) is 1.87. The fourth-order valence-corrected chi connectivity index (χ4v) is 1.71. The minimum atomic E-state index is 0.153. The molecule has 0 radical (unpaired) electrons. The molecule has 0 bridgehead atoms. The molecule has 1 fully saturated rings. The quantitative estimate of drug-likeness (QED) is 0.692. The third-order valence-electron chi connectivity index (χ3n) is 2.65. The molecule has 76 valence electrons. The number of rotatable bonds is 4. The van der Waals surface area contributed by atoms with E-state index >= 15 is 0 Å². The monoisotopic (exact) mass is 185 g/mol. The zero-order chi connectivity index (χ0) is 9.84. The largest absolute Gasteiger partial charge is 0.330 e. The van der Waals surface area contributed by atoms with E-state index in [0.29, 0.717) is 12.6 Å². The Balaban J connectivity index is 2.45. The molecule has 4 nitrogen and oxygen atoms in total. The molecule has 1 saturated heterocycles. The Morgan fingerprint density at radius 1 is 1.62 bits per heavy atom. The summed E-state index contributed by atoms with van der Waals surface area (Å²) in [4.78, 5) is 15.3. The predicted octanol–water partition coefficient (Wildman–Crippen LogP) is 0.481. The highest BCUT2D eigenvalue weighted by Crippen LogP contribution is 2.15.